The standard InChI is InChI=1S/C23H24N6O2/c1-15-7-5-8-16(11-15)12-25-20(30)18-13-29(14-26-18)19-17(9-6-10-24-19)21-27-22(28-31-21)23(2,3)4/h5-11,13-14H,12H2,1-4H3,(H,25,30). The molecule has 158 valence electrons. The molecule has 0 saturated heterocycles. The Hall–Kier alpha value is -3.81. The fraction of sp³-hybridized carbons (Fsp3) is 0.261. The van der Waals surface area contributed by atoms with Gasteiger partial charge in [-0.15, -0.1) is 0 Å². The Bertz CT molecular complexity index is 1220. The van der Waals surface area contributed by atoms with E-state index >= 15 is 0 Å². The minimum Gasteiger partial charge on any atom is -0.347 e. The number of hydrogen-bond acceptors (Lipinski definition) is 6. The second kappa shape index (κ2) is 8.14. The number of amides is 1. The van der Waals surface area contributed by atoms with Gasteiger partial charge >= 0.3 is 0 Å². The number of aryl methyl sites for hydroxylation is 1. The van der Waals surface area contributed by atoms with Crippen LogP contribution >= 0.6 is 0 Å². The van der Waals surface area contributed by atoms with E-state index in [2.05, 4.69) is 25.4 Å². The Morgan fingerprint density at radius 3 is 2.74 bits per heavy atom. The van der Waals surface area contributed by atoms with Gasteiger partial charge in [0.05, 0.1) is 5.56 Å². The minimum absolute atomic E-state index is 0.234. The second-order valence-electron chi connectivity index (χ2n) is 8.39. The van der Waals surface area contributed by atoms with Crippen LogP contribution in [0.5, 0.6) is 0 Å². The summed E-state index contributed by atoms with van der Waals surface area (Å²) in [4.78, 5) is 25.8. The van der Waals surface area contributed by atoms with Crippen LogP contribution in [0.15, 0.2) is 59.6 Å². The molecule has 0 atom stereocenters. The second-order valence-corrected chi connectivity index (χ2v) is 8.39. The number of benzene rings is 1. The Morgan fingerprint density at radius 1 is 1.16 bits per heavy atom. The topological polar surface area (TPSA) is 98.7 Å². The first-order valence-electron chi connectivity index (χ1n) is 9.99. The zero-order chi connectivity index (χ0) is 22.0. The summed E-state index contributed by atoms with van der Waals surface area (Å²) in [5.74, 6) is 1.27. The predicted octanol–water partition coefficient (Wildman–Crippen LogP) is 3.85. The van der Waals surface area contributed by atoms with E-state index in [-0.39, 0.29) is 11.3 Å². The SMILES string of the molecule is Cc1cccc(CNC(=O)c2cn(-c3ncccc3-c3nc(C(C)(C)C)no3)cn2)c1. The van der Waals surface area contributed by atoms with Crippen molar-refractivity contribution >= 4 is 5.91 Å². The molecule has 0 fully saturated rings. The van der Waals surface area contributed by atoms with Gasteiger partial charge in [0, 0.05) is 24.4 Å². The van der Waals surface area contributed by atoms with Crippen LogP contribution in [-0.2, 0) is 12.0 Å². The van der Waals surface area contributed by atoms with Gasteiger partial charge in [-0.3, -0.25) is 9.36 Å². The number of nitrogens with zero attached hydrogens (tertiary/aromatic N) is 5. The van der Waals surface area contributed by atoms with Gasteiger partial charge in [-0.2, -0.15) is 4.98 Å². The third kappa shape index (κ3) is 4.53. The van der Waals surface area contributed by atoms with Crippen molar-refractivity contribution < 1.29 is 9.32 Å². The predicted molar refractivity (Wildman–Crippen MR) is 116 cm³/mol. The van der Waals surface area contributed by atoms with Crippen molar-refractivity contribution in [1.82, 2.24) is 30.0 Å². The normalized spacial score (nSPS) is 11.5. The highest BCUT2D eigenvalue weighted by molar-refractivity contribution is 5.92. The van der Waals surface area contributed by atoms with Crippen molar-refractivity contribution in [3.05, 3.63) is 77.8 Å². The molecule has 4 aromatic rings. The minimum atomic E-state index is -0.259. The lowest BCUT2D eigenvalue weighted by atomic mass is 9.96. The van der Waals surface area contributed by atoms with E-state index in [1.807, 2.05) is 58.0 Å². The average Bonchev–Trinajstić information content (AvgIpc) is 3.42. The summed E-state index contributed by atoms with van der Waals surface area (Å²) >= 11 is 0. The van der Waals surface area contributed by atoms with Gasteiger partial charge < -0.3 is 9.84 Å². The fourth-order valence-electron chi connectivity index (χ4n) is 3.06. The van der Waals surface area contributed by atoms with E-state index in [1.54, 1.807) is 29.4 Å². The molecule has 0 unspecified atom stereocenters. The molecule has 4 rings (SSSR count). The molecule has 0 aliphatic carbocycles. The Balaban J connectivity index is 1.55. The van der Waals surface area contributed by atoms with E-state index in [0.717, 1.165) is 11.1 Å². The van der Waals surface area contributed by atoms with E-state index < -0.39 is 0 Å². The molecule has 1 N–H and O–H groups in total. The van der Waals surface area contributed by atoms with Gasteiger partial charge in [-0.05, 0) is 24.6 Å². The van der Waals surface area contributed by atoms with Crippen molar-refractivity contribution in [2.75, 3.05) is 0 Å². The number of hydrogen-bond donors (Lipinski definition) is 1. The van der Waals surface area contributed by atoms with Gasteiger partial charge in [-0.1, -0.05) is 55.8 Å². The Kier molecular flexibility index (Phi) is 5.37. The van der Waals surface area contributed by atoms with Crippen molar-refractivity contribution in [2.45, 2.75) is 39.7 Å². The van der Waals surface area contributed by atoms with Crippen LogP contribution < -0.4 is 5.32 Å². The molecule has 0 spiro atoms. The zero-order valence-corrected chi connectivity index (χ0v) is 18.0. The molecule has 0 saturated carbocycles. The number of aromatic nitrogens is 5. The lowest BCUT2D eigenvalue weighted by Crippen LogP contribution is -2.23. The quantitative estimate of drug-likeness (QED) is 0.530. The van der Waals surface area contributed by atoms with Gasteiger partial charge in [0.15, 0.2) is 11.6 Å². The van der Waals surface area contributed by atoms with Crippen LogP contribution in [0.1, 0.15) is 48.2 Å². The maximum absolute atomic E-state index is 12.6. The van der Waals surface area contributed by atoms with Crippen molar-refractivity contribution in [1.29, 1.82) is 0 Å². The molecule has 8 heteroatoms. The first kappa shape index (κ1) is 20.5. The largest absolute Gasteiger partial charge is 0.347 e. The van der Waals surface area contributed by atoms with Gasteiger partial charge in [-0.25, -0.2) is 9.97 Å². The summed E-state index contributed by atoms with van der Waals surface area (Å²) in [5.41, 5.74) is 2.90. The summed E-state index contributed by atoms with van der Waals surface area (Å²) in [6.45, 7) is 8.50. The average molecular weight is 416 g/mol. The number of carbonyl (C=O) groups is 1. The first-order chi connectivity index (χ1) is 14.8. The molecule has 0 radical (unpaired) electrons. The summed E-state index contributed by atoms with van der Waals surface area (Å²) < 4.78 is 7.16. The van der Waals surface area contributed by atoms with E-state index in [1.165, 1.54) is 0 Å². The third-order valence-corrected chi connectivity index (χ3v) is 4.71. The van der Waals surface area contributed by atoms with Crippen LogP contribution in [0.3, 0.4) is 0 Å². The van der Waals surface area contributed by atoms with Gasteiger partial charge in [0.2, 0.25) is 0 Å². The highest BCUT2D eigenvalue weighted by Crippen LogP contribution is 2.27. The molecule has 0 aliphatic heterocycles. The van der Waals surface area contributed by atoms with Crippen LogP contribution in [0.2, 0.25) is 0 Å². The molecule has 31 heavy (non-hydrogen) atoms. The fourth-order valence-corrected chi connectivity index (χ4v) is 3.06. The van der Waals surface area contributed by atoms with Crippen LogP contribution in [-0.4, -0.2) is 30.6 Å². The highest BCUT2D eigenvalue weighted by Gasteiger charge is 2.23. The van der Waals surface area contributed by atoms with Gasteiger partial charge in [0.1, 0.15) is 12.0 Å². The monoisotopic (exact) mass is 416 g/mol. The lowest BCUT2D eigenvalue weighted by molar-refractivity contribution is 0.0946. The zero-order valence-electron chi connectivity index (χ0n) is 18.0. The maximum atomic E-state index is 12.6. The van der Waals surface area contributed by atoms with Crippen molar-refractivity contribution in [3.8, 4) is 17.3 Å². The molecule has 0 aliphatic rings. The van der Waals surface area contributed by atoms with Crippen LogP contribution in [0, 0.1) is 6.92 Å². The molecule has 3 heterocycles. The van der Waals surface area contributed by atoms with Crippen LogP contribution in [0.4, 0.5) is 0 Å². The number of imidazole rings is 1. The maximum Gasteiger partial charge on any atom is 0.271 e. The van der Waals surface area contributed by atoms with Crippen molar-refractivity contribution in [2.24, 2.45) is 0 Å². The first-order valence-corrected chi connectivity index (χ1v) is 9.99. The summed E-state index contributed by atoms with van der Waals surface area (Å²) in [7, 11) is 0. The van der Waals surface area contributed by atoms with E-state index in [9.17, 15) is 4.79 Å². The smallest absolute Gasteiger partial charge is 0.271 e. The van der Waals surface area contributed by atoms with Gasteiger partial charge in [0.25, 0.3) is 11.8 Å². The Morgan fingerprint density at radius 2 is 2.00 bits per heavy atom. The summed E-state index contributed by atoms with van der Waals surface area (Å²) in [6.07, 6.45) is 4.85. The molecule has 3 aromatic heterocycles. The lowest BCUT2D eigenvalue weighted by Gasteiger charge is -2.11. The van der Waals surface area contributed by atoms with E-state index in [4.69, 9.17) is 4.52 Å². The summed E-state index contributed by atoms with van der Waals surface area (Å²) in [6, 6.07) is 11.6. The molecule has 1 amide bonds. The number of rotatable bonds is 5. The Labute approximate surface area is 180 Å². The molecular formula is C23H24N6O2. The third-order valence-electron chi connectivity index (χ3n) is 4.71. The molecule has 1 aromatic carbocycles. The number of nitrogens with one attached hydrogen (secondary N) is 1. The van der Waals surface area contributed by atoms with E-state index in [0.29, 0.717) is 35.3 Å². The molecule has 0 bridgehead atoms. The summed E-state index contributed by atoms with van der Waals surface area (Å²) in [5, 5.41) is 6.99. The van der Waals surface area contributed by atoms with Crippen molar-refractivity contribution in [3.63, 3.8) is 0 Å². The highest BCUT2D eigenvalue weighted by atomic mass is 16.5. The number of carbonyl (C=O) groups excluding carboxylic acids is 1. The molecular weight excluding hydrogens is 392 g/mol. The number of pyridine rings is 1. The van der Waals surface area contributed by atoms with Crippen LogP contribution in [0.25, 0.3) is 17.3 Å². The molecule has 8 nitrogen and oxygen atoms in total.